The molecule has 0 radical (unpaired) electrons. The van der Waals surface area contributed by atoms with Gasteiger partial charge in [0.25, 0.3) is 0 Å². The number of nitrogens with zero attached hydrogens (tertiary/aromatic N) is 2. The van der Waals surface area contributed by atoms with Crippen LogP contribution >= 0.6 is 0 Å². The molecule has 112 valence electrons. The summed E-state index contributed by atoms with van der Waals surface area (Å²) in [5.41, 5.74) is 1.46. The van der Waals surface area contributed by atoms with Gasteiger partial charge in [-0.25, -0.2) is 4.79 Å². The lowest BCUT2D eigenvalue weighted by molar-refractivity contribution is 0.0600. The number of hydrogen-bond acceptors (Lipinski definition) is 5. The fourth-order valence-electron chi connectivity index (χ4n) is 2.37. The third kappa shape index (κ3) is 3.29. The fourth-order valence-corrected chi connectivity index (χ4v) is 2.37. The molecule has 0 saturated heterocycles. The first kappa shape index (κ1) is 15.2. The molecule has 0 aliphatic rings. The second-order valence-corrected chi connectivity index (χ2v) is 6.07. The summed E-state index contributed by atoms with van der Waals surface area (Å²) in [5.74, 6) is 0.754. The van der Waals surface area contributed by atoms with Crippen LogP contribution in [0.5, 0.6) is 0 Å². The molecule has 0 N–H and O–H groups in total. The van der Waals surface area contributed by atoms with Gasteiger partial charge in [-0.2, -0.15) is 0 Å². The third-order valence-corrected chi connectivity index (χ3v) is 3.32. The van der Waals surface area contributed by atoms with Crippen molar-refractivity contribution in [3.63, 3.8) is 0 Å². The van der Waals surface area contributed by atoms with Gasteiger partial charge in [0.15, 0.2) is 0 Å². The van der Waals surface area contributed by atoms with Crippen LogP contribution in [0.15, 0.2) is 28.7 Å². The summed E-state index contributed by atoms with van der Waals surface area (Å²) in [4.78, 5) is 11.5. The SMILES string of the molecule is COC(=O)c1ccc(C(c2nnc(C)o2)C(C)(C)C)cc1. The molecular weight excluding hydrogens is 268 g/mol. The van der Waals surface area contributed by atoms with Gasteiger partial charge in [0.2, 0.25) is 11.8 Å². The number of carbonyl (C=O) groups is 1. The van der Waals surface area contributed by atoms with E-state index in [2.05, 4.69) is 31.0 Å². The van der Waals surface area contributed by atoms with Crippen LogP contribution in [0.4, 0.5) is 0 Å². The fraction of sp³-hybridized carbons (Fsp3) is 0.438. The lowest BCUT2D eigenvalue weighted by atomic mass is 9.76. The Morgan fingerprint density at radius 2 is 1.81 bits per heavy atom. The Hall–Kier alpha value is -2.17. The molecule has 21 heavy (non-hydrogen) atoms. The van der Waals surface area contributed by atoms with Crippen LogP contribution in [-0.4, -0.2) is 23.3 Å². The lowest BCUT2D eigenvalue weighted by Gasteiger charge is -2.28. The van der Waals surface area contributed by atoms with Crippen molar-refractivity contribution in [1.29, 1.82) is 0 Å². The van der Waals surface area contributed by atoms with Gasteiger partial charge in [-0.05, 0) is 23.1 Å². The van der Waals surface area contributed by atoms with Crippen LogP contribution in [0.2, 0.25) is 0 Å². The summed E-state index contributed by atoms with van der Waals surface area (Å²) in [7, 11) is 1.37. The van der Waals surface area contributed by atoms with Gasteiger partial charge in [0.1, 0.15) is 0 Å². The van der Waals surface area contributed by atoms with Gasteiger partial charge in [-0.3, -0.25) is 0 Å². The lowest BCUT2D eigenvalue weighted by Crippen LogP contribution is -2.20. The molecule has 0 saturated carbocycles. The predicted octanol–water partition coefficient (Wildman–Crippen LogP) is 3.34. The van der Waals surface area contributed by atoms with E-state index in [-0.39, 0.29) is 17.3 Å². The van der Waals surface area contributed by atoms with E-state index in [1.807, 2.05) is 12.1 Å². The summed E-state index contributed by atoms with van der Waals surface area (Å²) in [6, 6.07) is 7.32. The second kappa shape index (κ2) is 5.68. The molecule has 5 nitrogen and oxygen atoms in total. The van der Waals surface area contributed by atoms with E-state index in [1.54, 1.807) is 19.1 Å². The average molecular weight is 288 g/mol. The Morgan fingerprint density at radius 3 is 2.24 bits per heavy atom. The molecule has 1 unspecified atom stereocenters. The number of aromatic nitrogens is 2. The molecule has 0 amide bonds. The number of ether oxygens (including phenoxy) is 1. The van der Waals surface area contributed by atoms with E-state index in [0.717, 1.165) is 5.56 Å². The van der Waals surface area contributed by atoms with Crippen molar-refractivity contribution in [3.05, 3.63) is 47.2 Å². The number of benzene rings is 1. The second-order valence-electron chi connectivity index (χ2n) is 6.07. The van der Waals surface area contributed by atoms with E-state index in [4.69, 9.17) is 9.15 Å². The van der Waals surface area contributed by atoms with Crippen LogP contribution in [0.3, 0.4) is 0 Å². The summed E-state index contributed by atoms with van der Waals surface area (Å²) in [5, 5.41) is 8.07. The van der Waals surface area contributed by atoms with Crippen molar-refractivity contribution < 1.29 is 13.9 Å². The zero-order chi connectivity index (χ0) is 15.6. The monoisotopic (exact) mass is 288 g/mol. The van der Waals surface area contributed by atoms with E-state index in [1.165, 1.54) is 7.11 Å². The Bertz CT molecular complexity index is 624. The summed E-state index contributed by atoms with van der Waals surface area (Å²) in [6.45, 7) is 8.12. The van der Waals surface area contributed by atoms with Crippen molar-refractivity contribution >= 4 is 5.97 Å². The van der Waals surface area contributed by atoms with E-state index < -0.39 is 0 Å². The Kier molecular flexibility index (Phi) is 4.11. The number of rotatable bonds is 3. The summed E-state index contributed by atoms with van der Waals surface area (Å²) >= 11 is 0. The molecule has 2 aromatic rings. The maximum absolute atomic E-state index is 11.5. The highest BCUT2D eigenvalue weighted by Crippen LogP contribution is 2.39. The standard InChI is InChI=1S/C16H20N2O3/c1-10-17-18-14(21-10)13(16(2,3)4)11-6-8-12(9-7-11)15(19)20-5/h6-9,13H,1-5H3. The first-order valence-corrected chi connectivity index (χ1v) is 6.81. The van der Waals surface area contributed by atoms with Crippen molar-refractivity contribution in [1.82, 2.24) is 10.2 Å². The molecule has 5 heteroatoms. The van der Waals surface area contributed by atoms with E-state index in [9.17, 15) is 4.79 Å². The minimum Gasteiger partial charge on any atom is -0.465 e. The molecule has 0 fully saturated rings. The average Bonchev–Trinajstić information content (AvgIpc) is 2.83. The van der Waals surface area contributed by atoms with Crippen LogP contribution in [0, 0.1) is 12.3 Å². The number of aryl methyl sites for hydroxylation is 1. The van der Waals surface area contributed by atoms with Gasteiger partial charge in [-0.1, -0.05) is 32.9 Å². The number of methoxy groups -OCH3 is 1. The van der Waals surface area contributed by atoms with Crippen LogP contribution in [-0.2, 0) is 4.74 Å². The van der Waals surface area contributed by atoms with E-state index in [0.29, 0.717) is 17.3 Å². The van der Waals surface area contributed by atoms with E-state index >= 15 is 0 Å². The number of hydrogen-bond donors (Lipinski definition) is 0. The number of esters is 1. The minimum atomic E-state index is -0.345. The Balaban J connectivity index is 2.41. The smallest absolute Gasteiger partial charge is 0.337 e. The normalized spacial score (nSPS) is 13.0. The molecule has 2 rings (SSSR count). The Morgan fingerprint density at radius 1 is 1.19 bits per heavy atom. The number of carbonyl (C=O) groups excluding carboxylic acids is 1. The molecule has 1 atom stereocenters. The van der Waals surface area contributed by atoms with Crippen LogP contribution in [0.25, 0.3) is 0 Å². The molecule has 1 aromatic heterocycles. The highest BCUT2D eigenvalue weighted by Gasteiger charge is 2.32. The zero-order valence-corrected chi connectivity index (χ0v) is 13.0. The van der Waals surface area contributed by atoms with Crippen molar-refractivity contribution in [2.24, 2.45) is 5.41 Å². The van der Waals surface area contributed by atoms with Gasteiger partial charge in [-0.15, -0.1) is 10.2 Å². The predicted molar refractivity (Wildman–Crippen MR) is 78.1 cm³/mol. The first-order valence-electron chi connectivity index (χ1n) is 6.81. The van der Waals surface area contributed by atoms with Crippen molar-refractivity contribution in [3.8, 4) is 0 Å². The molecule has 0 aliphatic heterocycles. The topological polar surface area (TPSA) is 65.2 Å². The van der Waals surface area contributed by atoms with Crippen LogP contribution in [0.1, 0.15) is 54.4 Å². The highest BCUT2D eigenvalue weighted by molar-refractivity contribution is 5.89. The molecular formula is C16H20N2O3. The van der Waals surface area contributed by atoms with Crippen molar-refractivity contribution in [2.75, 3.05) is 7.11 Å². The molecule has 1 aromatic carbocycles. The molecule has 0 bridgehead atoms. The first-order chi connectivity index (χ1) is 9.82. The maximum Gasteiger partial charge on any atom is 0.337 e. The van der Waals surface area contributed by atoms with Crippen molar-refractivity contribution in [2.45, 2.75) is 33.6 Å². The largest absolute Gasteiger partial charge is 0.465 e. The zero-order valence-electron chi connectivity index (χ0n) is 13.0. The van der Waals surface area contributed by atoms with Gasteiger partial charge in [0.05, 0.1) is 18.6 Å². The molecule has 1 heterocycles. The van der Waals surface area contributed by atoms with Crippen LogP contribution < -0.4 is 0 Å². The molecule has 0 aliphatic carbocycles. The summed E-state index contributed by atoms with van der Waals surface area (Å²) in [6.07, 6.45) is 0. The van der Waals surface area contributed by atoms with Gasteiger partial charge >= 0.3 is 5.97 Å². The third-order valence-electron chi connectivity index (χ3n) is 3.32. The highest BCUT2D eigenvalue weighted by atomic mass is 16.5. The molecule has 0 spiro atoms. The Labute approximate surface area is 124 Å². The van der Waals surface area contributed by atoms with Gasteiger partial charge < -0.3 is 9.15 Å². The quantitative estimate of drug-likeness (QED) is 0.810. The summed E-state index contributed by atoms with van der Waals surface area (Å²) < 4.78 is 10.3. The van der Waals surface area contributed by atoms with Gasteiger partial charge in [0, 0.05) is 6.92 Å². The maximum atomic E-state index is 11.5. The minimum absolute atomic E-state index is 0.0367.